The van der Waals surface area contributed by atoms with Crippen LogP contribution in [0.5, 0.6) is 0 Å². The van der Waals surface area contributed by atoms with Crippen LogP contribution in [0.15, 0.2) is 30.3 Å². The molecule has 3 N–H and O–H groups in total. The van der Waals surface area contributed by atoms with Gasteiger partial charge in [0.2, 0.25) is 5.65 Å². The normalized spacial score (nSPS) is 10.7. The summed E-state index contributed by atoms with van der Waals surface area (Å²) in [4.78, 5) is 16.0. The van der Waals surface area contributed by atoms with Gasteiger partial charge >= 0.3 is 5.97 Å². The van der Waals surface area contributed by atoms with E-state index >= 15 is 0 Å². The topological polar surface area (TPSA) is 107 Å². The number of pyridine rings is 1. The number of nitrogens with one attached hydrogen (secondary N) is 1. The monoisotopic (exact) mass is 269 g/mol. The Labute approximate surface area is 113 Å². The number of benzene rings is 1. The lowest BCUT2D eigenvalue weighted by atomic mass is 10.1. The maximum absolute atomic E-state index is 11.6. The Morgan fingerprint density at radius 1 is 1.30 bits per heavy atom. The average molecular weight is 269 g/mol. The molecule has 0 radical (unpaired) electrons. The second kappa shape index (κ2) is 4.61. The number of carbonyl (C=O) groups is 1. The number of nitrogen functional groups attached to an aromatic ring is 1. The summed E-state index contributed by atoms with van der Waals surface area (Å²) >= 11 is 0. The van der Waals surface area contributed by atoms with Crippen LogP contribution in [0, 0.1) is 0 Å². The van der Waals surface area contributed by atoms with E-state index in [0.29, 0.717) is 22.6 Å². The van der Waals surface area contributed by atoms with Gasteiger partial charge in [0.25, 0.3) is 0 Å². The molecule has 100 valence electrons. The van der Waals surface area contributed by atoms with E-state index in [0.717, 1.165) is 11.1 Å². The van der Waals surface area contributed by atoms with Gasteiger partial charge in [-0.1, -0.05) is 5.21 Å². The molecule has 7 heteroatoms. The standard InChI is InChI=1S/C13H11N5O2/c1-20-13(19)8-4-7(5-9(14)6-8)10-2-3-11-12(15-10)17-18-16-11/h2-6H,14H2,1H3,(H,15,16,17,18). The van der Waals surface area contributed by atoms with Gasteiger partial charge in [-0.25, -0.2) is 9.78 Å². The largest absolute Gasteiger partial charge is 0.465 e. The first-order valence-corrected chi connectivity index (χ1v) is 5.84. The van der Waals surface area contributed by atoms with E-state index in [1.54, 1.807) is 24.3 Å². The van der Waals surface area contributed by atoms with Crippen molar-refractivity contribution in [1.82, 2.24) is 20.4 Å². The number of carbonyl (C=O) groups excluding carboxylic acids is 1. The van der Waals surface area contributed by atoms with Crippen LogP contribution in [0.4, 0.5) is 5.69 Å². The number of methoxy groups -OCH3 is 1. The Morgan fingerprint density at radius 2 is 2.15 bits per heavy atom. The molecule has 0 atom stereocenters. The van der Waals surface area contributed by atoms with Crippen molar-refractivity contribution in [3.63, 3.8) is 0 Å². The fourth-order valence-electron chi connectivity index (χ4n) is 1.93. The Morgan fingerprint density at radius 3 is 2.95 bits per heavy atom. The first kappa shape index (κ1) is 12.1. The maximum Gasteiger partial charge on any atom is 0.337 e. The zero-order valence-corrected chi connectivity index (χ0v) is 10.6. The molecule has 0 aliphatic carbocycles. The first-order chi connectivity index (χ1) is 9.67. The molecule has 3 aromatic rings. The van der Waals surface area contributed by atoms with Gasteiger partial charge in [0, 0.05) is 11.3 Å². The van der Waals surface area contributed by atoms with Gasteiger partial charge in [-0.05, 0) is 30.3 Å². The van der Waals surface area contributed by atoms with Crippen molar-refractivity contribution < 1.29 is 9.53 Å². The number of hydrogen-bond acceptors (Lipinski definition) is 6. The summed E-state index contributed by atoms with van der Waals surface area (Å²) in [6, 6.07) is 8.60. The number of fused-ring (bicyclic) bond motifs is 1. The summed E-state index contributed by atoms with van der Waals surface area (Å²) in [5.74, 6) is -0.443. The Hall–Kier alpha value is -2.96. The molecule has 1 aromatic carbocycles. The van der Waals surface area contributed by atoms with Crippen molar-refractivity contribution in [2.24, 2.45) is 0 Å². The molecule has 0 fully saturated rings. The summed E-state index contributed by atoms with van der Waals surface area (Å²) in [6.45, 7) is 0. The summed E-state index contributed by atoms with van der Waals surface area (Å²) in [6.07, 6.45) is 0. The minimum Gasteiger partial charge on any atom is -0.465 e. The number of anilines is 1. The molecule has 0 spiro atoms. The highest BCUT2D eigenvalue weighted by Gasteiger charge is 2.10. The molecule has 0 bridgehead atoms. The van der Waals surface area contributed by atoms with E-state index in [1.807, 2.05) is 6.07 Å². The van der Waals surface area contributed by atoms with Crippen LogP contribution >= 0.6 is 0 Å². The first-order valence-electron chi connectivity index (χ1n) is 5.84. The molecule has 0 amide bonds. The van der Waals surface area contributed by atoms with Crippen molar-refractivity contribution in [2.45, 2.75) is 0 Å². The Balaban J connectivity index is 2.12. The molecule has 0 saturated heterocycles. The van der Waals surface area contributed by atoms with Crippen LogP contribution in [-0.2, 0) is 4.74 Å². The zero-order valence-electron chi connectivity index (χ0n) is 10.6. The molecule has 0 unspecified atom stereocenters. The molecule has 3 rings (SSSR count). The molecule has 7 nitrogen and oxygen atoms in total. The average Bonchev–Trinajstić information content (AvgIpc) is 2.93. The van der Waals surface area contributed by atoms with Gasteiger partial charge in [-0.15, -0.1) is 5.10 Å². The van der Waals surface area contributed by atoms with Gasteiger partial charge in [0.1, 0.15) is 5.52 Å². The van der Waals surface area contributed by atoms with Crippen molar-refractivity contribution in [3.05, 3.63) is 35.9 Å². The summed E-state index contributed by atoms with van der Waals surface area (Å²) < 4.78 is 4.70. The highest BCUT2D eigenvalue weighted by atomic mass is 16.5. The van der Waals surface area contributed by atoms with Crippen molar-refractivity contribution in [3.8, 4) is 11.3 Å². The number of nitrogens with two attached hydrogens (primary N) is 1. The molecule has 2 aromatic heterocycles. The number of H-pyrrole nitrogens is 1. The summed E-state index contributed by atoms with van der Waals surface area (Å²) in [7, 11) is 1.32. The molecule has 0 aliphatic heterocycles. The third kappa shape index (κ3) is 2.05. The van der Waals surface area contributed by atoms with Gasteiger partial charge in [-0.3, -0.25) is 5.10 Å². The summed E-state index contributed by atoms with van der Waals surface area (Å²) in [5, 5.41) is 10.3. The lowest BCUT2D eigenvalue weighted by Crippen LogP contribution is -2.02. The number of rotatable bonds is 2. The van der Waals surface area contributed by atoms with E-state index in [4.69, 9.17) is 10.5 Å². The van der Waals surface area contributed by atoms with E-state index in [1.165, 1.54) is 7.11 Å². The molecule has 0 saturated carbocycles. The van der Waals surface area contributed by atoms with Crippen molar-refractivity contribution in [1.29, 1.82) is 0 Å². The number of hydrogen-bond donors (Lipinski definition) is 2. The number of ether oxygens (including phenoxy) is 1. The van der Waals surface area contributed by atoms with Crippen molar-refractivity contribution in [2.75, 3.05) is 12.8 Å². The van der Waals surface area contributed by atoms with Gasteiger partial charge in [0.15, 0.2) is 0 Å². The van der Waals surface area contributed by atoms with Gasteiger partial charge < -0.3 is 10.5 Å². The lowest BCUT2D eigenvalue weighted by molar-refractivity contribution is 0.0601. The Bertz CT molecular complexity index is 796. The van der Waals surface area contributed by atoms with E-state index in [-0.39, 0.29) is 0 Å². The minimum absolute atomic E-state index is 0.379. The number of nitrogens with zero attached hydrogens (tertiary/aromatic N) is 3. The molecule has 0 aliphatic rings. The zero-order chi connectivity index (χ0) is 14.1. The van der Waals surface area contributed by atoms with E-state index in [9.17, 15) is 4.79 Å². The quantitative estimate of drug-likeness (QED) is 0.537. The predicted octanol–water partition coefficient (Wildman–Crippen LogP) is 1.39. The SMILES string of the molecule is COC(=O)c1cc(N)cc(-c2ccc3[nH]nnc3n2)c1. The Kier molecular flexibility index (Phi) is 2.79. The van der Waals surface area contributed by atoms with Gasteiger partial charge in [0.05, 0.1) is 18.4 Å². The number of esters is 1. The maximum atomic E-state index is 11.6. The van der Waals surface area contributed by atoms with Crippen LogP contribution in [0.25, 0.3) is 22.4 Å². The highest BCUT2D eigenvalue weighted by molar-refractivity contribution is 5.92. The van der Waals surface area contributed by atoms with Gasteiger partial charge in [-0.2, -0.15) is 0 Å². The van der Waals surface area contributed by atoms with Crippen LogP contribution in [0.3, 0.4) is 0 Å². The fourth-order valence-corrected chi connectivity index (χ4v) is 1.93. The third-order valence-electron chi connectivity index (χ3n) is 2.86. The lowest BCUT2D eigenvalue weighted by Gasteiger charge is -2.06. The predicted molar refractivity (Wildman–Crippen MR) is 72.9 cm³/mol. The fraction of sp³-hybridized carbons (Fsp3) is 0.0769. The second-order valence-corrected chi connectivity index (χ2v) is 4.21. The van der Waals surface area contributed by atoms with Crippen molar-refractivity contribution >= 4 is 22.8 Å². The van der Waals surface area contributed by atoms with Crippen LogP contribution in [0.2, 0.25) is 0 Å². The van der Waals surface area contributed by atoms with Crippen LogP contribution in [-0.4, -0.2) is 33.5 Å². The number of aromatic amines is 1. The summed E-state index contributed by atoms with van der Waals surface area (Å²) in [5.41, 5.74) is 9.27. The molecular formula is C13H11N5O2. The van der Waals surface area contributed by atoms with E-state index < -0.39 is 5.97 Å². The molecule has 2 heterocycles. The smallest absolute Gasteiger partial charge is 0.337 e. The molecule has 20 heavy (non-hydrogen) atoms. The van der Waals surface area contributed by atoms with Crippen LogP contribution in [0.1, 0.15) is 10.4 Å². The minimum atomic E-state index is -0.443. The second-order valence-electron chi connectivity index (χ2n) is 4.21. The number of aromatic nitrogens is 4. The van der Waals surface area contributed by atoms with Crippen LogP contribution < -0.4 is 5.73 Å². The van der Waals surface area contributed by atoms with E-state index in [2.05, 4.69) is 20.4 Å². The highest BCUT2D eigenvalue weighted by Crippen LogP contribution is 2.23. The molecular weight excluding hydrogens is 258 g/mol. The third-order valence-corrected chi connectivity index (χ3v) is 2.86.